The number of benzene rings is 2. The van der Waals surface area contributed by atoms with E-state index in [1.807, 2.05) is 0 Å². The van der Waals surface area contributed by atoms with Crippen molar-refractivity contribution < 1.29 is 8.78 Å². The third kappa shape index (κ3) is 3.77. The monoisotopic (exact) mass is 272 g/mol. The Hall–Kier alpha value is -1.96. The Labute approximate surface area is 118 Å². The summed E-state index contributed by atoms with van der Waals surface area (Å²) in [5.41, 5.74) is 2.80. The summed E-state index contributed by atoms with van der Waals surface area (Å²) in [7, 11) is 0. The van der Waals surface area contributed by atoms with Gasteiger partial charge in [0.1, 0.15) is 11.6 Å². The van der Waals surface area contributed by atoms with Crippen LogP contribution in [0, 0.1) is 17.0 Å². The summed E-state index contributed by atoms with van der Waals surface area (Å²) in [6.07, 6.45) is 2.12. The van der Waals surface area contributed by atoms with E-state index in [1.165, 1.54) is 24.3 Å². The molecule has 104 valence electrons. The summed E-state index contributed by atoms with van der Waals surface area (Å²) in [5.74, 6) is -0.522. The minimum Gasteiger partial charge on any atom is -0.207 e. The molecular formula is C18H18F2. The Morgan fingerprint density at radius 3 is 1.40 bits per heavy atom. The van der Waals surface area contributed by atoms with E-state index < -0.39 is 0 Å². The topological polar surface area (TPSA) is 0 Å². The van der Waals surface area contributed by atoms with Gasteiger partial charge in [0.15, 0.2) is 0 Å². The number of hydrogen-bond donors (Lipinski definition) is 0. The van der Waals surface area contributed by atoms with Crippen molar-refractivity contribution in [2.75, 3.05) is 0 Å². The summed E-state index contributed by atoms with van der Waals surface area (Å²) in [5, 5.41) is 0. The molecule has 0 unspecified atom stereocenters. The first-order valence-electron chi connectivity index (χ1n) is 6.60. The molecule has 0 fully saturated rings. The molecule has 0 heterocycles. The molecule has 0 N–H and O–H groups in total. The highest BCUT2D eigenvalue weighted by Gasteiger charge is 2.12. The molecular weight excluding hydrogens is 254 g/mol. The van der Waals surface area contributed by atoms with Gasteiger partial charge in [0.2, 0.25) is 0 Å². The average molecular weight is 272 g/mol. The van der Waals surface area contributed by atoms with E-state index in [0.717, 1.165) is 16.7 Å². The summed E-state index contributed by atoms with van der Waals surface area (Å²) in [4.78, 5) is 0. The Bertz CT molecular complexity index is 552. The van der Waals surface area contributed by atoms with Gasteiger partial charge >= 0.3 is 0 Å². The Kier molecular flexibility index (Phi) is 4.03. The minimum absolute atomic E-state index is 0.0297. The molecule has 0 aliphatic rings. The van der Waals surface area contributed by atoms with Crippen molar-refractivity contribution in [2.24, 2.45) is 5.41 Å². The summed E-state index contributed by atoms with van der Waals surface area (Å²) < 4.78 is 26.1. The minimum atomic E-state index is -0.261. The van der Waals surface area contributed by atoms with Gasteiger partial charge in [0.05, 0.1) is 0 Å². The molecule has 0 saturated carbocycles. The van der Waals surface area contributed by atoms with Crippen LogP contribution in [-0.4, -0.2) is 0 Å². The van der Waals surface area contributed by atoms with Gasteiger partial charge in [-0.1, -0.05) is 51.1 Å². The lowest BCUT2D eigenvalue weighted by molar-refractivity contribution is 0.546. The molecule has 0 bridgehead atoms. The molecule has 0 atom stereocenters. The van der Waals surface area contributed by atoms with Gasteiger partial charge in [0.25, 0.3) is 0 Å². The normalized spacial score (nSPS) is 11.2. The number of allylic oxidation sites excluding steroid dienone is 1. The van der Waals surface area contributed by atoms with Crippen LogP contribution < -0.4 is 0 Å². The zero-order valence-electron chi connectivity index (χ0n) is 12.0. The van der Waals surface area contributed by atoms with E-state index in [9.17, 15) is 8.78 Å². The van der Waals surface area contributed by atoms with Crippen molar-refractivity contribution in [3.63, 3.8) is 0 Å². The molecule has 2 rings (SSSR count). The first-order chi connectivity index (χ1) is 9.35. The second-order valence-corrected chi connectivity index (χ2v) is 5.94. The quantitative estimate of drug-likeness (QED) is 0.682. The average Bonchev–Trinajstić information content (AvgIpc) is 2.37. The molecule has 2 aromatic carbocycles. The van der Waals surface area contributed by atoms with Crippen LogP contribution in [0.2, 0.25) is 0 Å². The van der Waals surface area contributed by atoms with Gasteiger partial charge in [-0.2, -0.15) is 0 Å². The predicted molar refractivity (Wildman–Crippen MR) is 79.3 cm³/mol. The van der Waals surface area contributed by atoms with Gasteiger partial charge in [-0.15, -0.1) is 0 Å². The van der Waals surface area contributed by atoms with Crippen LogP contribution in [0.1, 0.15) is 31.9 Å². The van der Waals surface area contributed by atoms with Crippen LogP contribution >= 0.6 is 0 Å². The summed E-state index contributed by atoms with van der Waals surface area (Å²) in [6.45, 7) is 6.29. The van der Waals surface area contributed by atoms with E-state index in [0.29, 0.717) is 0 Å². The van der Waals surface area contributed by atoms with E-state index in [4.69, 9.17) is 0 Å². The molecule has 0 amide bonds. The highest BCUT2D eigenvalue weighted by Crippen LogP contribution is 2.29. The lowest BCUT2D eigenvalue weighted by Crippen LogP contribution is -2.02. The second-order valence-electron chi connectivity index (χ2n) is 5.94. The highest BCUT2D eigenvalue weighted by molar-refractivity contribution is 5.80. The van der Waals surface area contributed by atoms with Crippen molar-refractivity contribution in [3.8, 4) is 0 Å². The molecule has 0 aliphatic carbocycles. The SMILES string of the molecule is CC(C)(C)C=C(c1ccc(F)cc1)c1ccc(F)cc1. The zero-order chi connectivity index (χ0) is 14.8. The number of hydrogen-bond acceptors (Lipinski definition) is 0. The molecule has 2 aromatic rings. The largest absolute Gasteiger partial charge is 0.207 e. The third-order valence-corrected chi connectivity index (χ3v) is 2.89. The molecule has 2 heteroatoms. The van der Waals surface area contributed by atoms with E-state index >= 15 is 0 Å². The third-order valence-electron chi connectivity index (χ3n) is 2.89. The standard InChI is InChI=1S/C18H18F2/c1-18(2,3)12-17(13-4-8-15(19)9-5-13)14-6-10-16(20)11-7-14/h4-12H,1-3H3. The second kappa shape index (κ2) is 5.58. The number of halogens is 2. The maximum absolute atomic E-state index is 13.1. The summed E-state index contributed by atoms with van der Waals surface area (Å²) in [6, 6.07) is 12.7. The van der Waals surface area contributed by atoms with Gasteiger partial charge in [-0.05, 0) is 46.4 Å². The maximum atomic E-state index is 13.1. The Morgan fingerprint density at radius 1 is 0.750 bits per heavy atom. The maximum Gasteiger partial charge on any atom is 0.123 e. The van der Waals surface area contributed by atoms with E-state index in [1.54, 1.807) is 24.3 Å². The van der Waals surface area contributed by atoms with Gasteiger partial charge in [0, 0.05) is 0 Å². The van der Waals surface area contributed by atoms with Crippen molar-refractivity contribution in [1.29, 1.82) is 0 Å². The fourth-order valence-electron chi connectivity index (χ4n) is 2.03. The van der Waals surface area contributed by atoms with Crippen LogP contribution in [0.5, 0.6) is 0 Å². The van der Waals surface area contributed by atoms with E-state index in [-0.39, 0.29) is 17.0 Å². The lowest BCUT2D eigenvalue weighted by Gasteiger charge is -2.17. The van der Waals surface area contributed by atoms with Crippen molar-refractivity contribution in [1.82, 2.24) is 0 Å². The molecule has 0 spiro atoms. The van der Waals surface area contributed by atoms with E-state index in [2.05, 4.69) is 26.8 Å². The van der Waals surface area contributed by atoms with Crippen LogP contribution in [0.4, 0.5) is 8.78 Å². The van der Waals surface area contributed by atoms with Crippen LogP contribution in [0.15, 0.2) is 54.6 Å². The smallest absolute Gasteiger partial charge is 0.123 e. The molecule has 0 aromatic heterocycles. The molecule has 0 nitrogen and oxygen atoms in total. The predicted octanol–water partition coefficient (Wildman–Crippen LogP) is 5.44. The van der Waals surface area contributed by atoms with Crippen LogP contribution in [0.25, 0.3) is 5.57 Å². The van der Waals surface area contributed by atoms with Crippen LogP contribution in [0.3, 0.4) is 0 Å². The number of rotatable bonds is 2. The first kappa shape index (κ1) is 14.4. The first-order valence-corrected chi connectivity index (χ1v) is 6.60. The molecule has 0 radical (unpaired) electrons. The van der Waals surface area contributed by atoms with Crippen LogP contribution in [-0.2, 0) is 0 Å². The molecule has 0 saturated heterocycles. The van der Waals surface area contributed by atoms with Gasteiger partial charge in [-0.3, -0.25) is 0 Å². The molecule has 20 heavy (non-hydrogen) atoms. The van der Waals surface area contributed by atoms with Gasteiger partial charge < -0.3 is 0 Å². The fraction of sp³-hybridized carbons (Fsp3) is 0.222. The highest BCUT2D eigenvalue weighted by atomic mass is 19.1. The van der Waals surface area contributed by atoms with Crippen molar-refractivity contribution >= 4 is 5.57 Å². The summed E-state index contributed by atoms with van der Waals surface area (Å²) >= 11 is 0. The molecule has 0 aliphatic heterocycles. The lowest BCUT2D eigenvalue weighted by atomic mass is 9.88. The van der Waals surface area contributed by atoms with Gasteiger partial charge in [-0.25, -0.2) is 8.78 Å². The Morgan fingerprint density at radius 2 is 1.10 bits per heavy atom. The van der Waals surface area contributed by atoms with Crippen molar-refractivity contribution in [3.05, 3.63) is 77.4 Å². The fourth-order valence-corrected chi connectivity index (χ4v) is 2.03. The Balaban J connectivity index is 2.53. The zero-order valence-corrected chi connectivity index (χ0v) is 12.0. The van der Waals surface area contributed by atoms with Crippen molar-refractivity contribution in [2.45, 2.75) is 20.8 Å².